The molecule has 7 nitrogen and oxygen atoms in total. The average molecular weight is 288 g/mol. The van der Waals surface area contributed by atoms with Gasteiger partial charge >= 0.3 is 0 Å². The van der Waals surface area contributed by atoms with Gasteiger partial charge in [0.2, 0.25) is 10.0 Å². The van der Waals surface area contributed by atoms with Crippen molar-refractivity contribution in [3.8, 4) is 0 Å². The molecule has 4 N–H and O–H groups in total. The standard InChI is InChI=1S/C11H20N4O3S/c1-2-15-7-10(11(12)13-15)19(17,18)14-8-5-3-4-6-9(8)16/h7-9,14,16H,2-6H2,1H3,(H2,12,13)/t8-,9-/m1/s1. The van der Waals surface area contributed by atoms with Crippen LogP contribution in [0.3, 0.4) is 0 Å². The van der Waals surface area contributed by atoms with Crippen molar-refractivity contribution in [3.63, 3.8) is 0 Å². The molecule has 0 spiro atoms. The molecule has 0 radical (unpaired) electrons. The van der Waals surface area contributed by atoms with Crippen LogP contribution in [0.1, 0.15) is 32.6 Å². The zero-order valence-corrected chi connectivity index (χ0v) is 11.7. The summed E-state index contributed by atoms with van der Waals surface area (Å²) < 4.78 is 28.5. The number of anilines is 1. The fourth-order valence-corrected chi connectivity index (χ4v) is 3.68. The van der Waals surface area contributed by atoms with Crippen molar-refractivity contribution in [2.24, 2.45) is 0 Å². The van der Waals surface area contributed by atoms with E-state index in [-0.39, 0.29) is 10.7 Å². The quantitative estimate of drug-likeness (QED) is 0.726. The van der Waals surface area contributed by atoms with Crippen LogP contribution in [0, 0.1) is 0 Å². The number of hydrogen-bond acceptors (Lipinski definition) is 5. The minimum atomic E-state index is -3.73. The molecule has 0 saturated heterocycles. The average Bonchev–Trinajstić information content (AvgIpc) is 2.74. The van der Waals surface area contributed by atoms with Gasteiger partial charge in [-0.15, -0.1) is 0 Å². The maximum atomic E-state index is 12.2. The first-order valence-electron chi connectivity index (χ1n) is 6.47. The third kappa shape index (κ3) is 3.07. The lowest BCUT2D eigenvalue weighted by Gasteiger charge is -2.27. The molecule has 108 valence electrons. The van der Waals surface area contributed by atoms with Crippen LogP contribution in [0.5, 0.6) is 0 Å². The number of nitrogens with one attached hydrogen (secondary N) is 1. The molecule has 0 unspecified atom stereocenters. The smallest absolute Gasteiger partial charge is 0.246 e. The number of hydrogen-bond donors (Lipinski definition) is 3. The van der Waals surface area contributed by atoms with Gasteiger partial charge in [-0.2, -0.15) is 5.10 Å². The molecule has 0 aromatic carbocycles. The summed E-state index contributed by atoms with van der Waals surface area (Å²) in [7, 11) is -3.73. The molecule has 1 fully saturated rings. The minimum absolute atomic E-state index is 0.0142. The fourth-order valence-electron chi connectivity index (χ4n) is 2.30. The summed E-state index contributed by atoms with van der Waals surface area (Å²) in [4.78, 5) is -0.0212. The van der Waals surface area contributed by atoms with Crippen molar-refractivity contribution in [1.82, 2.24) is 14.5 Å². The topological polar surface area (TPSA) is 110 Å². The van der Waals surface area contributed by atoms with Gasteiger partial charge in [0.1, 0.15) is 4.90 Å². The van der Waals surface area contributed by atoms with Crippen LogP contribution in [0.4, 0.5) is 5.82 Å². The van der Waals surface area contributed by atoms with Crippen LogP contribution in [0.15, 0.2) is 11.1 Å². The van der Waals surface area contributed by atoms with Crippen LogP contribution in [0.25, 0.3) is 0 Å². The Kier molecular flexibility index (Phi) is 4.12. The first-order valence-corrected chi connectivity index (χ1v) is 7.95. The van der Waals surface area contributed by atoms with Crippen molar-refractivity contribution in [2.75, 3.05) is 5.73 Å². The molecule has 1 saturated carbocycles. The van der Waals surface area contributed by atoms with Crippen LogP contribution in [-0.2, 0) is 16.6 Å². The predicted molar refractivity (Wildman–Crippen MR) is 70.9 cm³/mol. The molecule has 8 heteroatoms. The summed E-state index contributed by atoms with van der Waals surface area (Å²) >= 11 is 0. The van der Waals surface area contributed by atoms with Gasteiger partial charge in [0.25, 0.3) is 0 Å². The fraction of sp³-hybridized carbons (Fsp3) is 0.727. The normalized spacial score (nSPS) is 24.5. The first kappa shape index (κ1) is 14.3. The minimum Gasteiger partial charge on any atom is -0.391 e. The lowest BCUT2D eigenvalue weighted by molar-refractivity contribution is 0.101. The van der Waals surface area contributed by atoms with Crippen molar-refractivity contribution in [2.45, 2.75) is 56.2 Å². The molecule has 2 rings (SSSR count). The van der Waals surface area contributed by atoms with Gasteiger partial charge in [-0.1, -0.05) is 12.8 Å². The molecule has 0 aliphatic heterocycles. The zero-order valence-electron chi connectivity index (χ0n) is 10.9. The van der Waals surface area contributed by atoms with Gasteiger partial charge in [0.05, 0.1) is 6.10 Å². The molecule has 19 heavy (non-hydrogen) atoms. The van der Waals surface area contributed by atoms with Crippen LogP contribution < -0.4 is 10.5 Å². The summed E-state index contributed by atoms with van der Waals surface area (Å²) in [5.74, 6) is -0.0142. The molecule has 2 atom stereocenters. The Morgan fingerprint density at radius 2 is 2.21 bits per heavy atom. The Hall–Kier alpha value is -1.12. The zero-order chi connectivity index (χ0) is 14.0. The highest BCUT2D eigenvalue weighted by Gasteiger charge is 2.30. The molecule has 1 heterocycles. The van der Waals surface area contributed by atoms with E-state index in [2.05, 4.69) is 9.82 Å². The van der Waals surface area contributed by atoms with Gasteiger partial charge in [-0.05, 0) is 19.8 Å². The number of nitrogens with zero attached hydrogens (tertiary/aromatic N) is 2. The summed E-state index contributed by atoms with van der Waals surface area (Å²) in [6, 6.07) is -0.442. The van der Waals surface area contributed by atoms with Crippen molar-refractivity contribution >= 4 is 15.8 Å². The third-order valence-electron chi connectivity index (χ3n) is 3.40. The van der Waals surface area contributed by atoms with E-state index in [1.54, 1.807) is 0 Å². The van der Waals surface area contributed by atoms with E-state index in [0.29, 0.717) is 19.4 Å². The molecule has 0 amide bonds. The van der Waals surface area contributed by atoms with Crippen molar-refractivity contribution in [1.29, 1.82) is 0 Å². The van der Waals surface area contributed by atoms with Gasteiger partial charge in [0.15, 0.2) is 5.82 Å². The van der Waals surface area contributed by atoms with Gasteiger partial charge in [-0.25, -0.2) is 13.1 Å². The second-order valence-corrected chi connectivity index (χ2v) is 6.50. The number of aryl methyl sites for hydroxylation is 1. The van der Waals surface area contributed by atoms with Gasteiger partial charge < -0.3 is 10.8 Å². The van der Waals surface area contributed by atoms with E-state index in [9.17, 15) is 13.5 Å². The Bertz CT molecular complexity index is 540. The Labute approximate surface area is 112 Å². The Morgan fingerprint density at radius 3 is 2.79 bits per heavy atom. The highest BCUT2D eigenvalue weighted by atomic mass is 32.2. The third-order valence-corrected chi connectivity index (χ3v) is 4.91. The highest BCUT2D eigenvalue weighted by molar-refractivity contribution is 7.89. The van der Waals surface area contributed by atoms with Crippen LogP contribution in [-0.4, -0.2) is 35.5 Å². The number of aliphatic hydroxyl groups is 1. The Balaban J connectivity index is 2.19. The lowest BCUT2D eigenvalue weighted by atomic mass is 9.93. The maximum absolute atomic E-state index is 12.2. The highest BCUT2D eigenvalue weighted by Crippen LogP contribution is 2.22. The molecule has 1 aliphatic rings. The van der Waals surface area contributed by atoms with E-state index in [1.165, 1.54) is 10.9 Å². The first-order chi connectivity index (χ1) is 8.94. The predicted octanol–water partition coefficient (Wildman–Crippen LogP) is 0.0670. The van der Waals surface area contributed by atoms with Crippen molar-refractivity contribution < 1.29 is 13.5 Å². The molecule has 0 bridgehead atoms. The largest absolute Gasteiger partial charge is 0.391 e. The molecule has 1 aliphatic carbocycles. The Morgan fingerprint density at radius 1 is 1.53 bits per heavy atom. The van der Waals surface area contributed by atoms with E-state index >= 15 is 0 Å². The number of nitrogen functional groups attached to an aromatic ring is 1. The van der Waals surface area contributed by atoms with Crippen molar-refractivity contribution in [3.05, 3.63) is 6.20 Å². The van der Waals surface area contributed by atoms with Crippen LogP contribution >= 0.6 is 0 Å². The number of rotatable bonds is 4. The van der Waals surface area contributed by atoms with E-state index in [0.717, 1.165) is 12.8 Å². The number of sulfonamides is 1. The number of aliphatic hydroxyl groups excluding tert-OH is 1. The molecule has 1 aromatic rings. The summed E-state index contributed by atoms with van der Waals surface area (Å²) in [5.41, 5.74) is 5.63. The lowest BCUT2D eigenvalue weighted by Crippen LogP contribution is -2.45. The maximum Gasteiger partial charge on any atom is 0.246 e. The second-order valence-electron chi connectivity index (χ2n) is 4.81. The summed E-state index contributed by atoms with van der Waals surface area (Å²) in [6.07, 6.45) is 3.88. The monoisotopic (exact) mass is 288 g/mol. The molecule has 1 aromatic heterocycles. The molecular formula is C11H20N4O3S. The van der Waals surface area contributed by atoms with Crippen LogP contribution in [0.2, 0.25) is 0 Å². The van der Waals surface area contributed by atoms with E-state index < -0.39 is 22.2 Å². The molecular weight excluding hydrogens is 268 g/mol. The summed E-state index contributed by atoms with van der Waals surface area (Å²) in [6.45, 7) is 2.40. The van der Waals surface area contributed by atoms with Gasteiger partial charge in [-0.3, -0.25) is 4.68 Å². The second kappa shape index (κ2) is 5.48. The number of nitrogens with two attached hydrogens (primary N) is 1. The van der Waals surface area contributed by atoms with E-state index in [4.69, 9.17) is 5.73 Å². The number of aromatic nitrogens is 2. The summed E-state index contributed by atoms with van der Waals surface area (Å²) in [5, 5.41) is 13.7. The van der Waals surface area contributed by atoms with Gasteiger partial charge in [0, 0.05) is 18.8 Å². The van der Waals surface area contributed by atoms with E-state index in [1.807, 2.05) is 6.92 Å². The SMILES string of the molecule is CCn1cc(S(=O)(=O)N[C@@H]2CCCC[C@H]2O)c(N)n1.